The van der Waals surface area contributed by atoms with Gasteiger partial charge in [0.1, 0.15) is 10.7 Å². The molecule has 1 aromatic heterocycles. The summed E-state index contributed by atoms with van der Waals surface area (Å²) in [7, 11) is 1.90. The van der Waals surface area contributed by atoms with Gasteiger partial charge in [0.2, 0.25) is 0 Å². The Kier molecular flexibility index (Phi) is 4.16. The summed E-state index contributed by atoms with van der Waals surface area (Å²) < 4.78 is 7.57. The van der Waals surface area contributed by atoms with Gasteiger partial charge in [-0.2, -0.15) is 5.10 Å². The minimum Gasteiger partial charge on any atom is -0.493 e. The molecule has 0 amide bonds. The van der Waals surface area contributed by atoms with E-state index < -0.39 is 0 Å². The molecule has 0 unspecified atom stereocenters. The lowest BCUT2D eigenvalue weighted by atomic mass is 10.1. The molecule has 2 aromatic rings. The highest BCUT2D eigenvalue weighted by molar-refractivity contribution is 7.80. The summed E-state index contributed by atoms with van der Waals surface area (Å²) in [6.07, 6.45) is 4.66. The predicted octanol–water partition coefficient (Wildman–Crippen LogP) is 1.98. The number of hydrogen-bond donors (Lipinski definition) is 1. The second-order valence-corrected chi connectivity index (χ2v) is 4.91. The Bertz CT molecular complexity index is 592. The fourth-order valence-corrected chi connectivity index (χ4v) is 1.92. The summed E-state index contributed by atoms with van der Waals surface area (Å²) in [6, 6.07) is 5.76. The summed E-state index contributed by atoms with van der Waals surface area (Å²) >= 11 is 4.97. The number of benzene rings is 1. The molecule has 2 rings (SSSR count). The molecule has 5 heteroatoms. The Morgan fingerprint density at radius 1 is 1.47 bits per heavy atom. The summed E-state index contributed by atoms with van der Waals surface area (Å²) in [6.45, 7) is 2.61. The van der Waals surface area contributed by atoms with E-state index in [9.17, 15) is 0 Å². The van der Waals surface area contributed by atoms with Gasteiger partial charge in [0.15, 0.2) is 0 Å². The van der Waals surface area contributed by atoms with Gasteiger partial charge < -0.3 is 10.5 Å². The quantitative estimate of drug-likeness (QED) is 0.848. The van der Waals surface area contributed by atoms with E-state index in [1.54, 1.807) is 4.68 Å². The van der Waals surface area contributed by atoms with Gasteiger partial charge in [-0.1, -0.05) is 24.4 Å². The molecule has 0 aliphatic rings. The van der Waals surface area contributed by atoms with Crippen LogP contribution in [0.3, 0.4) is 0 Å². The third-order valence-electron chi connectivity index (χ3n) is 2.88. The predicted molar refractivity (Wildman–Crippen MR) is 79.5 cm³/mol. The summed E-state index contributed by atoms with van der Waals surface area (Å²) in [5.41, 5.74) is 8.68. The van der Waals surface area contributed by atoms with Crippen molar-refractivity contribution in [2.75, 3.05) is 6.61 Å². The van der Waals surface area contributed by atoms with Crippen LogP contribution in [0.5, 0.6) is 5.75 Å². The van der Waals surface area contributed by atoms with Gasteiger partial charge in [-0.3, -0.25) is 4.68 Å². The number of nitrogens with zero attached hydrogens (tertiary/aromatic N) is 2. The van der Waals surface area contributed by atoms with E-state index in [2.05, 4.69) is 5.10 Å². The van der Waals surface area contributed by atoms with Crippen molar-refractivity contribution in [2.24, 2.45) is 12.8 Å². The number of ether oxygens (including phenoxy) is 1. The number of nitrogens with two attached hydrogens (primary N) is 1. The van der Waals surface area contributed by atoms with Crippen LogP contribution in [0.25, 0.3) is 0 Å². The lowest BCUT2D eigenvalue weighted by molar-refractivity contribution is 0.319. The second-order valence-electron chi connectivity index (χ2n) is 4.47. The van der Waals surface area contributed by atoms with E-state index in [0.29, 0.717) is 11.6 Å². The van der Waals surface area contributed by atoms with Gasteiger partial charge in [-0.05, 0) is 24.1 Å². The third-order valence-corrected chi connectivity index (χ3v) is 3.12. The molecule has 0 atom stereocenters. The SMILES string of the molecule is Cc1ccc(C(N)=S)cc1OCCc1cnn(C)c1. The highest BCUT2D eigenvalue weighted by Crippen LogP contribution is 2.19. The fourth-order valence-electron chi connectivity index (χ4n) is 1.79. The minimum atomic E-state index is 0.386. The maximum Gasteiger partial charge on any atom is 0.122 e. The van der Waals surface area contributed by atoms with Crippen LogP contribution in [0.2, 0.25) is 0 Å². The van der Waals surface area contributed by atoms with Gasteiger partial charge in [0, 0.05) is 25.2 Å². The first-order valence-corrected chi connectivity index (χ1v) is 6.48. The molecule has 0 spiro atoms. The Balaban J connectivity index is 1.99. The largest absolute Gasteiger partial charge is 0.493 e. The topological polar surface area (TPSA) is 53.1 Å². The average Bonchev–Trinajstić information content (AvgIpc) is 2.77. The Labute approximate surface area is 118 Å². The second kappa shape index (κ2) is 5.84. The molecule has 0 fully saturated rings. The van der Waals surface area contributed by atoms with Crippen molar-refractivity contribution >= 4 is 17.2 Å². The van der Waals surface area contributed by atoms with Crippen molar-refractivity contribution in [2.45, 2.75) is 13.3 Å². The van der Waals surface area contributed by atoms with E-state index in [4.69, 9.17) is 22.7 Å². The van der Waals surface area contributed by atoms with Crippen molar-refractivity contribution in [3.8, 4) is 5.75 Å². The Hall–Kier alpha value is -1.88. The molecule has 2 N–H and O–H groups in total. The molecule has 4 nitrogen and oxygen atoms in total. The van der Waals surface area contributed by atoms with Crippen LogP contribution >= 0.6 is 12.2 Å². The third kappa shape index (κ3) is 3.54. The van der Waals surface area contributed by atoms with Crippen LogP contribution < -0.4 is 10.5 Å². The van der Waals surface area contributed by atoms with Crippen LogP contribution in [0.15, 0.2) is 30.6 Å². The van der Waals surface area contributed by atoms with Crippen LogP contribution in [-0.2, 0) is 13.5 Å². The maximum absolute atomic E-state index is 5.79. The Morgan fingerprint density at radius 2 is 2.26 bits per heavy atom. The number of aromatic nitrogens is 2. The Morgan fingerprint density at radius 3 is 2.89 bits per heavy atom. The minimum absolute atomic E-state index is 0.386. The molecular weight excluding hydrogens is 258 g/mol. The molecule has 100 valence electrons. The summed E-state index contributed by atoms with van der Waals surface area (Å²) in [5.74, 6) is 0.828. The van der Waals surface area contributed by atoms with E-state index in [-0.39, 0.29) is 0 Å². The molecule has 1 aromatic carbocycles. The zero-order valence-corrected chi connectivity index (χ0v) is 11.9. The maximum atomic E-state index is 5.79. The highest BCUT2D eigenvalue weighted by Gasteiger charge is 2.04. The first kappa shape index (κ1) is 13.5. The van der Waals surface area contributed by atoms with Crippen molar-refractivity contribution in [1.82, 2.24) is 9.78 Å². The number of rotatable bonds is 5. The molecule has 0 aliphatic heterocycles. The fraction of sp³-hybridized carbons (Fsp3) is 0.286. The van der Waals surface area contributed by atoms with Gasteiger partial charge >= 0.3 is 0 Å². The number of thiocarbonyl (C=S) groups is 1. The highest BCUT2D eigenvalue weighted by atomic mass is 32.1. The van der Waals surface area contributed by atoms with Gasteiger partial charge in [0.25, 0.3) is 0 Å². The molecule has 0 bridgehead atoms. The van der Waals surface area contributed by atoms with Crippen molar-refractivity contribution in [3.63, 3.8) is 0 Å². The smallest absolute Gasteiger partial charge is 0.122 e. The van der Waals surface area contributed by atoms with Crippen molar-refractivity contribution < 1.29 is 4.74 Å². The van der Waals surface area contributed by atoms with Crippen molar-refractivity contribution in [3.05, 3.63) is 47.3 Å². The van der Waals surface area contributed by atoms with Gasteiger partial charge in [-0.25, -0.2) is 0 Å². The van der Waals surface area contributed by atoms with Gasteiger partial charge in [-0.15, -0.1) is 0 Å². The first-order valence-electron chi connectivity index (χ1n) is 6.07. The van der Waals surface area contributed by atoms with E-state index in [0.717, 1.165) is 28.9 Å². The summed E-state index contributed by atoms with van der Waals surface area (Å²) in [4.78, 5) is 0.386. The number of hydrogen-bond acceptors (Lipinski definition) is 3. The molecule has 0 saturated heterocycles. The van der Waals surface area contributed by atoms with Gasteiger partial charge in [0.05, 0.1) is 12.8 Å². The first-order chi connectivity index (χ1) is 9.06. The number of aryl methyl sites for hydroxylation is 2. The summed E-state index contributed by atoms with van der Waals surface area (Å²) in [5, 5.41) is 4.12. The lowest BCUT2D eigenvalue weighted by Crippen LogP contribution is -2.10. The molecule has 0 aliphatic carbocycles. The average molecular weight is 275 g/mol. The molecular formula is C14H17N3OS. The normalized spacial score (nSPS) is 10.4. The van der Waals surface area contributed by atoms with Crippen LogP contribution in [-0.4, -0.2) is 21.4 Å². The molecule has 1 heterocycles. The zero-order valence-electron chi connectivity index (χ0n) is 11.1. The molecule has 0 radical (unpaired) electrons. The van der Waals surface area contributed by atoms with E-state index >= 15 is 0 Å². The molecule has 19 heavy (non-hydrogen) atoms. The molecule has 0 saturated carbocycles. The monoisotopic (exact) mass is 275 g/mol. The van der Waals surface area contributed by atoms with Crippen LogP contribution in [0.1, 0.15) is 16.7 Å². The van der Waals surface area contributed by atoms with E-state index in [1.807, 2.05) is 44.6 Å². The van der Waals surface area contributed by atoms with E-state index in [1.165, 1.54) is 0 Å². The van der Waals surface area contributed by atoms with Crippen LogP contribution in [0.4, 0.5) is 0 Å². The standard InChI is InChI=1S/C14H17N3OS/c1-10-3-4-12(14(15)19)7-13(10)18-6-5-11-8-16-17(2)9-11/h3-4,7-9H,5-6H2,1-2H3,(H2,15,19). The zero-order chi connectivity index (χ0) is 13.8. The van der Waals surface area contributed by atoms with Crippen molar-refractivity contribution in [1.29, 1.82) is 0 Å². The lowest BCUT2D eigenvalue weighted by Gasteiger charge is -2.10. The van der Waals surface area contributed by atoms with Crippen LogP contribution in [0, 0.1) is 6.92 Å².